The average molecular weight is 216 g/mol. The number of benzene rings is 1. The zero-order valence-corrected chi connectivity index (χ0v) is 8.26. The molecule has 0 radical (unpaired) electrons. The van der Waals surface area contributed by atoms with Crippen LogP contribution in [0.3, 0.4) is 0 Å². The smallest absolute Gasteiger partial charge is 0.129 e. The lowest BCUT2D eigenvalue weighted by molar-refractivity contribution is 0.132. The van der Waals surface area contributed by atoms with Gasteiger partial charge < -0.3 is 10.8 Å². The largest absolute Gasteiger partial charge is 0.386 e. The molecule has 0 bridgehead atoms. The second-order valence-corrected chi connectivity index (χ2v) is 4.24. The number of hydrogen-bond donors (Lipinski definition) is 2. The van der Waals surface area contributed by atoms with Gasteiger partial charge in [-0.15, -0.1) is 0 Å². The van der Waals surface area contributed by atoms with Crippen LogP contribution in [0.5, 0.6) is 0 Å². The molecule has 1 fully saturated rings. The van der Waals surface area contributed by atoms with Crippen LogP contribution in [0, 0.1) is 5.82 Å². The molecular formula is C10H11ClFNO. The van der Waals surface area contributed by atoms with E-state index in [0.717, 1.165) is 12.8 Å². The summed E-state index contributed by atoms with van der Waals surface area (Å²) in [5.41, 5.74) is 5.33. The predicted octanol–water partition coefficient (Wildman–Crippen LogP) is 2.00. The lowest BCUT2D eigenvalue weighted by Gasteiger charge is -2.18. The first-order chi connectivity index (χ1) is 6.53. The molecule has 0 heterocycles. The molecular weight excluding hydrogens is 205 g/mol. The maximum atomic E-state index is 13.3. The Labute approximate surface area is 86.5 Å². The fourth-order valence-corrected chi connectivity index (χ4v) is 1.63. The molecule has 1 atom stereocenters. The quantitative estimate of drug-likeness (QED) is 0.793. The van der Waals surface area contributed by atoms with Gasteiger partial charge in [-0.3, -0.25) is 0 Å². The van der Waals surface area contributed by atoms with Gasteiger partial charge in [0.05, 0.1) is 6.10 Å². The summed E-state index contributed by atoms with van der Waals surface area (Å²) in [4.78, 5) is 0. The molecule has 1 aliphatic rings. The Morgan fingerprint density at radius 3 is 2.71 bits per heavy atom. The van der Waals surface area contributed by atoms with Crippen molar-refractivity contribution in [2.45, 2.75) is 24.5 Å². The summed E-state index contributed by atoms with van der Waals surface area (Å²) in [7, 11) is 0. The van der Waals surface area contributed by atoms with E-state index in [1.807, 2.05) is 0 Å². The Hall–Kier alpha value is -0.640. The number of rotatable bonds is 2. The van der Waals surface area contributed by atoms with Crippen molar-refractivity contribution in [1.82, 2.24) is 0 Å². The van der Waals surface area contributed by atoms with Crippen LogP contribution >= 0.6 is 11.6 Å². The van der Waals surface area contributed by atoms with Crippen LogP contribution in [-0.4, -0.2) is 10.6 Å². The molecule has 76 valence electrons. The van der Waals surface area contributed by atoms with Crippen molar-refractivity contribution in [3.63, 3.8) is 0 Å². The minimum atomic E-state index is -0.957. The summed E-state index contributed by atoms with van der Waals surface area (Å²) in [5, 5.41) is 10.2. The van der Waals surface area contributed by atoms with Gasteiger partial charge in [-0.05, 0) is 31.0 Å². The van der Waals surface area contributed by atoms with Crippen LogP contribution in [0.15, 0.2) is 18.2 Å². The van der Waals surface area contributed by atoms with Crippen molar-refractivity contribution in [3.05, 3.63) is 34.6 Å². The van der Waals surface area contributed by atoms with Crippen LogP contribution < -0.4 is 5.73 Å². The van der Waals surface area contributed by atoms with E-state index in [-0.39, 0.29) is 5.56 Å². The van der Waals surface area contributed by atoms with E-state index in [1.165, 1.54) is 18.2 Å². The van der Waals surface area contributed by atoms with Crippen molar-refractivity contribution in [2.24, 2.45) is 5.73 Å². The number of nitrogens with two attached hydrogens (primary N) is 1. The van der Waals surface area contributed by atoms with Gasteiger partial charge in [0.25, 0.3) is 0 Å². The molecule has 1 aromatic rings. The monoisotopic (exact) mass is 215 g/mol. The van der Waals surface area contributed by atoms with Crippen molar-refractivity contribution < 1.29 is 9.50 Å². The first kappa shape index (κ1) is 9.90. The third kappa shape index (κ3) is 1.63. The zero-order valence-electron chi connectivity index (χ0n) is 7.50. The molecule has 0 aliphatic heterocycles. The SMILES string of the molecule is NC1(C(O)c2cc(Cl)ccc2F)CC1. The standard InChI is InChI=1S/C10H11ClFNO/c11-6-1-2-8(12)7(5-6)9(14)10(13)3-4-10/h1-2,5,9,14H,3-4,13H2. The topological polar surface area (TPSA) is 46.2 Å². The summed E-state index contributed by atoms with van der Waals surface area (Å²) >= 11 is 5.71. The lowest BCUT2D eigenvalue weighted by atomic mass is 10.0. The number of halogens is 2. The predicted molar refractivity (Wildman–Crippen MR) is 52.5 cm³/mol. The normalized spacial score (nSPS) is 20.6. The molecule has 2 rings (SSSR count). The van der Waals surface area contributed by atoms with E-state index in [1.54, 1.807) is 0 Å². The highest BCUT2D eigenvalue weighted by Gasteiger charge is 2.46. The maximum absolute atomic E-state index is 13.3. The van der Waals surface area contributed by atoms with Gasteiger partial charge in [-0.2, -0.15) is 0 Å². The highest BCUT2D eigenvalue weighted by atomic mass is 35.5. The van der Waals surface area contributed by atoms with Crippen LogP contribution in [0.4, 0.5) is 4.39 Å². The van der Waals surface area contributed by atoms with E-state index in [4.69, 9.17) is 17.3 Å². The van der Waals surface area contributed by atoms with Gasteiger partial charge in [0, 0.05) is 16.1 Å². The molecule has 1 unspecified atom stereocenters. The van der Waals surface area contributed by atoms with Crippen molar-refractivity contribution in [3.8, 4) is 0 Å². The van der Waals surface area contributed by atoms with Crippen molar-refractivity contribution in [1.29, 1.82) is 0 Å². The second kappa shape index (κ2) is 3.19. The molecule has 4 heteroatoms. The highest BCUT2D eigenvalue weighted by Crippen LogP contribution is 2.44. The summed E-state index contributed by atoms with van der Waals surface area (Å²) in [5.74, 6) is -0.460. The van der Waals surface area contributed by atoms with Gasteiger partial charge in [0.2, 0.25) is 0 Å². The second-order valence-electron chi connectivity index (χ2n) is 3.80. The average Bonchev–Trinajstić information content (AvgIpc) is 2.88. The van der Waals surface area contributed by atoms with E-state index in [2.05, 4.69) is 0 Å². The van der Waals surface area contributed by atoms with Gasteiger partial charge >= 0.3 is 0 Å². The third-order valence-electron chi connectivity index (χ3n) is 2.62. The van der Waals surface area contributed by atoms with E-state index < -0.39 is 17.5 Å². The number of hydrogen-bond acceptors (Lipinski definition) is 2. The zero-order chi connectivity index (χ0) is 10.3. The molecule has 1 saturated carbocycles. The van der Waals surface area contributed by atoms with Crippen LogP contribution in [0.1, 0.15) is 24.5 Å². The van der Waals surface area contributed by atoms with E-state index in [9.17, 15) is 9.50 Å². The first-order valence-electron chi connectivity index (χ1n) is 4.45. The molecule has 0 aromatic heterocycles. The number of aliphatic hydroxyl groups is 1. The Morgan fingerprint density at radius 1 is 1.50 bits per heavy atom. The molecule has 0 amide bonds. The third-order valence-corrected chi connectivity index (χ3v) is 2.86. The first-order valence-corrected chi connectivity index (χ1v) is 4.83. The highest BCUT2D eigenvalue weighted by molar-refractivity contribution is 6.30. The molecule has 1 aliphatic carbocycles. The molecule has 3 N–H and O–H groups in total. The summed E-state index contributed by atoms with van der Waals surface area (Å²) in [6.07, 6.45) is 0.487. The molecule has 2 nitrogen and oxygen atoms in total. The Kier molecular flexibility index (Phi) is 2.26. The van der Waals surface area contributed by atoms with Crippen LogP contribution in [0.2, 0.25) is 5.02 Å². The molecule has 14 heavy (non-hydrogen) atoms. The maximum Gasteiger partial charge on any atom is 0.129 e. The van der Waals surface area contributed by atoms with Gasteiger partial charge in [-0.25, -0.2) is 4.39 Å². The fourth-order valence-electron chi connectivity index (χ4n) is 1.45. The van der Waals surface area contributed by atoms with Gasteiger partial charge in [0.15, 0.2) is 0 Å². The Bertz CT molecular complexity index is 365. The fraction of sp³-hybridized carbons (Fsp3) is 0.400. The number of aliphatic hydroxyl groups excluding tert-OH is 1. The Morgan fingerprint density at radius 2 is 2.14 bits per heavy atom. The van der Waals surface area contributed by atoms with Gasteiger partial charge in [0.1, 0.15) is 5.82 Å². The minimum absolute atomic E-state index is 0.192. The Balaban J connectivity index is 2.35. The molecule has 0 saturated heterocycles. The molecule has 1 aromatic carbocycles. The summed E-state index contributed by atoms with van der Waals surface area (Å²) < 4.78 is 13.3. The van der Waals surface area contributed by atoms with Crippen LogP contribution in [-0.2, 0) is 0 Å². The van der Waals surface area contributed by atoms with Crippen LogP contribution in [0.25, 0.3) is 0 Å². The van der Waals surface area contributed by atoms with Crippen molar-refractivity contribution in [2.75, 3.05) is 0 Å². The minimum Gasteiger partial charge on any atom is -0.386 e. The summed E-state index contributed by atoms with van der Waals surface area (Å²) in [6, 6.07) is 4.12. The van der Waals surface area contributed by atoms with E-state index >= 15 is 0 Å². The van der Waals surface area contributed by atoms with Crippen molar-refractivity contribution >= 4 is 11.6 Å². The van der Waals surface area contributed by atoms with E-state index in [0.29, 0.717) is 5.02 Å². The lowest BCUT2D eigenvalue weighted by Crippen LogP contribution is -2.31. The summed E-state index contributed by atoms with van der Waals surface area (Å²) in [6.45, 7) is 0. The molecule has 0 spiro atoms. The van der Waals surface area contributed by atoms with Gasteiger partial charge in [-0.1, -0.05) is 11.6 Å².